The maximum Gasteiger partial charge on any atom is 0.222 e. The highest BCUT2D eigenvalue weighted by Gasteiger charge is 2.20. The fourth-order valence-electron chi connectivity index (χ4n) is 1.86. The van der Waals surface area contributed by atoms with E-state index in [1.54, 1.807) is 6.08 Å². The molecule has 0 saturated heterocycles. The molecule has 2 N–H and O–H groups in total. The van der Waals surface area contributed by atoms with E-state index >= 15 is 0 Å². The van der Waals surface area contributed by atoms with E-state index in [0.29, 0.717) is 19.5 Å². The van der Waals surface area contributed by atoms with Crippen molar-refractivity contribution in [3.8, 4) is 0 Å². The second-order valence-electron chi connectivity index (χ2n) is 5.33. The van der Waals surface area contributed by atoms with E-state index in [1.807, 2.05) is 4.90 Å². The van der Waals surface area contributed by atoms with E-state index in [4.69, 9.17) is 5.73 Å². The highest BCUT2D eigenvalue weighted by molar-refractivity contribution is 5.76. The van der Waals surface area contributed by atoms with Crippen LogP contribution in [-0.2, 0) is 4.79 Å². The average molecular weight is 240 g/mol. The predicted octanol–water partition coefficient (Wildman–Crippen LogP) is 2.57. The van der Waals surface area contributed by atoms with Gasteiger partial charge in [0.2, 0.25) is 5.91 Å². The number of hydrogen-bond donors (Lipinski definition) is 1. The van der Waals surface area contributed by atoms with Crippen LogP contribution >= 0.6 is 0 Å². The fraction of sp³-hybridized carbons (Fsp3) is 0.786. The summed E-state index contributed by atoms with van der Waals surface area (Å²) >= 11 is 0. The van der Waals surface area contributed by atoms with Gasteiger partial charge in [-0.25, -0.2) is 0 Å². The summed E-state index contributed by atoms with van der Waals surface area (Å²) < 4.78 is 0. The van der Waals surface area contributed by atoms with Crippen LogP contribution in [0, 0.1) is 5.41 Å². The predicted molar refractivity (Wildman–Crippen MR) is 73.8 cm³/mol. The third kappa shape index (κ3) is 7.16. The molecule has 0 saturated carbocycles. The summed E-state index contributed by atoms with van der Waals surface area (Å²) in [6, 6.07) is 0. The van der Waals surface area contributed by atoms with Gasteiger partial charge < -0.3 is 10.6 Å². The molecular weight excluding hydrogens is 212 g/mol. The van der Waals surface area contributed by atoms with Gasteiger partial charge >= 0.3 is 0 Å². The monoisotopic (exact) mass is 240 g/mol. The summed E-state index contributed by atoms with van der Waals surface area (Å²) in [6.45, 7) is 12.3. The molecule has 0 bridgehead atoms. The number of carbonyl (C=O) groups excluding carboxylic acids is 1. The maximum atomic E-state index is 12.0. The van der Waals surface area contributed by atoms with Crippen molar-refractivity contribution in [2.75, 3.05) is 19.6 Å². The van der Waals surface area contributed by atoms with Gasteiger partial charge in [0, 0.05) is 19.5 Å². The van der Waals surface area contributed by atoms with Gasteiger partial charge in [0.25, 0.3) is 0 Å². The number of nitrogens with two attached hydrogens (primary N) is 1. The van der Waals surface area contributed by atoms with Crippen LogP contribution in [0.4, 0.5) is 0 Å². The quantitative estimate of drug-likeness (QED) is 0.630. The van der Waals surface area contributed by atoms with Gasteiger partial charge in [-0.15, -0.1) is 6.58 Å². The molecule has 3 heteroatoms. The van der Waals surface area contributed by atoms with Crippen LogP contribution in [0.25, 0.3) is 0 Å². The fourth-order valence-corrected chi connectivity index (χ4v) is 1.86. The third-order valence-corrected chi connectivity index (χ3v) is 3.03. The molecule has 0 radical (unpaired) electrons. The molecule has 0 unspecified atom stereocenters. The molecule has 0 fully saturated rings. The van der Waals surface area contributed by atoms with Crippen molar-refractivity contribution >= 4 is 5.91 Å². The Morgan fingerprint density at radius 2 is 2.06 bits per heavy atom. The van der Waals surface area contributed by atoms with E-state index in [9.17, 15) is 4.79 Å². The van der Waals surface area contributed by atoms with Gasteiger partial charge in [-0.05, 0) is 31.2 Å². The average Bonchev–Trinajstić information content (AvgIpc) is 2.26. The molecule has 0 aliphatic heterocycles. The van der Waals surface area contributed by atoms with Gasteiger partial charge in [-0.2, -0.15) is 0 Å². The van der Waals surface area contributed by atoms with Crippen LogP contribution in [0.2, 0.25) is 0 Å². The lowest BCUT2D eigenvalue weighted by atomic mass is 9.84. The van der Waals surface area contributed by atoms with Crippen molar-refractivity contribution in [3.05, 3.63) is 12.7 Å². The number of hydrogen-bond acceptors (Lipinski definition) is 2. The summed E-state index contributed by atoms with van der Waals surface area (Å²) in [5.41, 5.74) is 5.73. The van der Waals surface area contributed by atoms with Crippen LogP contribution < -0.4 is 5.73 Å². The normalized spacial score (nSPS) is 11.3. The van der Waals surface area contributed by atoms with Crippen molar-refractivity contribution < 1.29 is 4.79 Å². The van der Waals surface area contributed by atoms with Gasteiger partial charge in [-0.1, -0.05) is 26.8 Å². The summed E-state index contributed by atoms with van der Waals surface area (Å²) in [6.07, 6.45) is 5.26. The second kappa shape index (κ2) is 8.29. The summed E-state index contributed by atoms with van der Waals surface area (Å²) in [5, 5.41) is 0. The first-order chi connectivity index (χ1) is 7.96. The zero-order chi connectivity index (χ0) is 13.3. The smallest absolute Gasteiger partial charge is 0.222 e. The SMILES string of the molecule is C=CCN(CCC)C(=O)CCC(C)(C)CCN. The molecule has 0 aromatic heterocycles. The number of carbonyl (C=O) groups is 1. The van der Waals surface area contributed by atoms with E-state index in [2.05, 4.69) is 27.4 Å². The molecule has 0 spiro atoms. The van der Waals surface area contributed by atoms with Crippen LogP contribution in [0.5, 0.6) is 0 Å². The minimum atomic E-state index is 0.163. The zero-order valence-corrected chi connectivity index (χ0v) is 11.7. The molecule has 0 atom stereocenters. The summed E-state index contributed by atoms with van der Waals surface area (Å²) in [4.78, 5) is 13.9. The Labute approximate surface area is 106 Å². The second-order valence-corrected chi connectivity index (χ2v) is 5.33. The Balaban J connectivity index is 4.16. The topological polar surface area (TPSA) is 46.3 Å². The van der Waals surface area contributed by atoms with Crippen molar-refractivity contribution in [2.24, 2.45) is 11.1 Å². The highest BCUT2D eigenvalue weighted by Crippen LogP contribution is 2.26. The zero-order valence-electron chi connectivity index (χ0n) is 11.7. The minimum Gasteiger partial charge on any atom is -0.339 e. The summed E-state index contributed by atoms with van der Waals surface area (Å²) in [7, 11) is 0. The molecule has 0 heterocycles. The summed E-state index contributed by atoms with van der Waals surface area (Å²) in [5.74, 6) is 0.233. The molecule has 17 heavy (non-hydrogen) atoms. The largest absolute Gasteiger partial charge is 0.339 e. The van der Waals surface area contributed by atoms with E-state index in [-0.39, 0.29) is 11.3 Å². The van der Waals surface area contributed by atoms with Crippen molar-refractivity contribution in [2.45, 2.75) is 46.5 Å². The van der Waals surface area contributed by atoms with Crippen LogP contribution in [-0.4, -0.2) is 30.4 Å². The highest BCUT2D eigenvalue weighted by atomic mass is 16.2. The Morgan fingerprint density at radius 3 is 2.53 bits per heavy atom. The molecule has 0 aliphatic rings. The number of nitrogens with zero attached hydrogens (tertiary/aromatic N) is 1. The molecule has 0 aromatic carbocycles. The van der Waals surface area contributed by atoms with Crippen molar-refractivity contribution in [1.29, 1.82) is 0 Å². The molecule has 0 aromatic rings. The Bertz CT molecular complexity index is 236. The first-order valence-corrected chi connectivity index (χ1v) is 6.55. The number of rotatable bonds is 9. The standard InChI is InChI=1S/C14H28N2O/c1-5-11-16(12-6-2)13(17)7-8-14(3,4)9-10-15/h5H,1,6-12,15H2,2-4H3. The third-order valence-electron chi connectivity index (χ3n) is 3.03. The van der Waals surface area contributed by atoms with Crippen molar-refractivity contribution in [1.82, 2.24) is 4.90 Å². The van der Waals surface area contributed by atoms with Gasteiger partial charge in [0.15, 0.2) is 0 Å². The number of amides is 1. The molecule has 0 rings (SSSR count). The first kappa shape index (κ1) is 16.2. The van der Waals surface area contributed by atoms with Crippen LogP contribution in [0.15, 0.2) is 12.7 Å². The lowest BCUT2D eigenvalue weighted by Gasteiger charge is -2.26. The lowest BCUT2D eigenvalue weighted by molar-refractivity contribution is -0.131. The molecule has 0 aliphatic carbocycles. The van der Waals surface area contributed by atoms with E-state index in [0.717, 1.165) is 25.8 Å². The van der Waals surface area contributed by atoms with Gasteiger partial charge in [0.1, 0.15) is 0 Å². The molecule has 1 amide bonds. The van der Waals surface area contributed by atoms with E-state index < -0.39 is 0 Å². The van der Waals surface area contributed by atoms with Crippen LogP contribution in [0.3, 0.4) is 0 Å². The van der Waals surface area contributed by atoms with E-state index in [1.165, 1.54) is 0 Å². The molecule has 100 valence electrons. The molecule has 3 nitrogen and oxygen atoms in total. The molecular formula is C14H28N2O. The lowest BCUT2D eigenvalue weighted by Crippen LogP contribution is -2.32. The minimum absolute atomic E-state index is 0.163. The Morgan fingerprint density at radius 1 is 1.41 bits per heavy atom. The van der Waals surface area contributed by atoms with Crippen molar-refractivity contribution in [3.63, 3.8) is 0 Å². The Kier molecular flexibility index (Phi) is 7.88. The maximum absolute atomic E-state index is 12.0. The van der Waals surface area contributed by atoms with Gasteiger partial charge in [-0.3, -0.25) is 4.79 Å². The van der Waals surface area contributed by atoms with Gasteiger partial charge in [0.05, 0.1) is 0 Å². The first-order valence-electron chi connectivity index (χ1n) is 6.55. The van der Waals surface area contributed by atoms with Crippen LogP contribution in [0.1, 0.15) is 46.5 Å². The Hall–Kier alpha value is -0.830.